The average molecular weight is 430 g/mol. The maximum Gasteiger partial charge on any atom is 0.243 e. The van der Waals surface area contributed by atoms with Crippen LogP contribution >= 0.6 is 0 Å². The minimum Gasteiger partial charge on any atom is -0.497 e. The molecule has 4 rings (SSSR count). The summed E-state index contributed by atoms with van der Waals surface area (Å²) in [4.78, 5) is 19.6. The van der Waals surface area contributed by atoms with E-state index in [9.17, 15) is 13.2 Å². The van der Waals surface area contributed by atoms with Crippen molar-refractivity contribution in [1.29, 1.82) is 0 Å². The summed E-state index contributed by atoms with van der Waals surface area (Å²) in [6.07, 6.45) is 6.70. The topological polar surface area (TPSA) is 79.8 Å². The Balaban J connectivity index is 1.39. The summed E-state index contributed by atoms with van der Waals surface area (Å²) in [5.41, 5.74) is 1.03. The van der Waals surface area contributed by atoms with Crippen LogP contribution < -0.4 is 4.74 Å². The number of pyridine rings is 1. The van der Waals surface area contributed by atoms with Gasteiger partial charge in [0.05, 0.1) is 12.0 Å². The van der Waals surface area contributed by atoms with Crippen LogP contribution in [-0.4, -0.2) is 54.8 Å². The van der Waals surface area contributed by atoms with E-state index in [4.69, 9.17) is 4.74 Å². The quantitative estimate of drug-likeness (QED) is 0.676. The Labute approximate surface area is 177 Å². The molecule has 0 unspecified atom stereocenters. The third-order valence-electron chi connectivity index (χ3n) is 5.85. The van der Waals surface area contributed by atoms with Crippen molar-refractivity contribution < 1.29 is 17.9 Å². The summed E-state index contributed by atoms with van der Waals surface area (Å²) in [5.74, 6) is 0.625. The molecule has 0 atom stereocenters. The molecule has 1 saturated carbocycles. The van der Waals surface area contributed by atoms with Crippen LogP contribution in [0.1, 0.15) is 31.2 Å². The van der Waals surface area contributed by atoms with Crippen molar-refractivity contribution in [3.63, 3.8) is 0 Å². The van der Waals surface area contributed by atoms with E-state index >= 15 is 0 Å². The monoisotopic (exact) mass is 429 g/mol. The molecule has 1 saturated heterocycles. The van der Waals surface area contributed by atoms with E-state index in [1.54, 1.807) is 43.8 Å². The fourth-order valence-corrected chi connectivity index (χ4v) is 5.41. The fraction of sp³-hybridized carbons (Fsp3) is 0.455. The second kappa shape index (κ2) is 8.73. The van der Waals surface area contributed by atoms with E-state index in [0.717, 1.165) is 18.4 Å². The van der Waals surface area contributed by atoms with Crippen molar-refractivity contribution in [2.45, 2.75) is 43.2 Å². The molecular formula is C22H27N3O4S. The summed E-state index contributed by atoms with van der Waals surface area (Å²) < 4.78 is 32.5. The van der Waals surface area contributed by atoms with Gasteiger partial charge in [0.15, 0.2) is 0 Å². The van der Waals surface area contributed by atoms with Crippen LogP contribution in [0.15, 0.2) is 53.7 Å². The predicted molar refractivity (Wildman–Crippen MR) is 112 cm³/mol. The highest BCUT2D eigenvalue weighted by atomic mass is 32.2. The molecule has 1 aromatic carbocycles. The maximum atomic E-state index is 13.2. The minimum absolute atomic E-state index is 0.135. The first-order chi connectivity index (χ1) is 14.5. The molecule has 7 nitrogen and oxygen atoms in total. The number of aromatic nitrogens is 1. The molecule has 1 amide bonds. The van der Waals surface area contributed by atoms with E-state index < -0.39 is 10.0 Å². The maximum absolute atomic E-state index is 13.2. The van der Waals surface area contributed by atoms with Gasteiger partial charge >= 0.3 is 0 Å². The van der Waals surface area contributed by atoms with E-state index in [1.165, 1.54) is 4.31 Å². The van der Waals surface area contributed by atoms with Crippen molar-refractivity contribution >= 4 is 15.9 Å². The minimum atomic E-state index is -3.56. The van der Waals surface area contributed by atoms with Gasteiger partial charge in [0, 0.05) is 44.0 Å². The van der Waals surface area contributed by atoms with Gasteiger partial charge in [-0.1, -0.05) is 6.07 Å². The van der Waals surface area contributed by atoms with Crippen molar-refractivity contribution in [1.82, 2.24) is 14.2 Å². The molecule has 0 N–H and O–H groups in total. The lowest BCUT2D eigenvalue weighted by molar-refractivity contribution is -0.138. The van der Waals surface area contributed by atoms with E-state index in [2.05, 4.69) is 4.98 Å². The van der Waals surface area contributed by atoms with Crippen molar-refractivity contribution in [2.75, 3.05) is 20.2 Å². The number of hydrogen-bond acceptors (Lipinski definition) is 5. The first kappa shape index (κ1) is 20.8. The summed E-state index contributed by atoms with van der Waals surface area (Å²) in [5, 5.41) is 0. The SMILES string of the molecule is COc1ccc(S(=O)(=O)N2CCC(C(=O)N(Cc3cccnc3)C3CC3)CC2)cc1. The molecule has 1 aromatic heterocycles. The van der Waals surface area contributed by atoms with E-state index in [1.807, 2.05) is 17.0 Å². The summed E-state index contributed by atoms with van der Waals surface area (Å²) in [6.45, 7) is 1.29. The Morgan fingerprint density at radius 1 is 1.13 bits per heavy atom. The number of rotatable bonds is 7. The highest BCUT2D eigenvalue weighted by Gasteiger charge is 2.38. The van der Waals surface area contributed by atoms with Crippen LogP contribution in [0.5, 0.6) is 5.75 Å². The van der Waals surface area contributed by atoms with Crippen molar-refractivity contribution in [3.8, 4) is 5.75 Å². The number of ether oxygens (including phenoxy) is 1. The molecule has 0 spiro atoms. The second-order valence-corrected chi connectivity index (χ2v) is 9.85. The van der Waals surface area contributed by atoms with Gasteiger partial charge in [-0.2, -0.15) is 4.31 Å². The zero-order chi connectivity index (χ0) is 21.1. The number of sulfonamides is 1. The van der Waals surface area contributed by atoms with Gasteiger partial charge in [-0.15, -0.1) is 0 Å². The Morgan fingerprint density at radius 3 is 2.40 bits per heavy atom. The lowest BCUT2D eigenvalue weighted by atomic mass is 9.96. The molecule has 0 radical (unpaired) electrons. The molecule has 2 heterocycles. The molecule has 0 bridgehead atoms. The van der Waals surface area contributed by atoms with Gasteiger partial charge in [-0.25, -0.2) is 8.42 Å². The number of benzene rings is 1. The van der Waals surface area contributed by atoms with Crippen LogP contribution in [-0.2, 0) is 21.4 Å². The summed E-state index contributed by atoms with van der Waals surface area (Å²) in [7, 11) is -2.02. The normalized spacial score (nSPS) is 18.2. The Kier molecular flexibility index (Phi) is 6.06. The number of carbonyl (C=O) groups excluding carboxylic acids is 1. The Bertz CT molecular complexity index is 967. The van der Waals surface area contributed by atoms with Gasteiger partial charge in [-0.3, -0.25) is 9.78 Å². The van der Waals surface area contributed by atoms with E-state index in [-0.39, 0.29) is 16.7 Å². The molecule has 8 heteroatoms. The fourth-order valence-electron chi connectivity index (χ4n) is 3.94. The van der Waals surface area contributed by atoms with Crippen LogP contribution in [0.25, 0.3) is 0 Å². The number of methoxy groups -OCH3 is 1. The first-order valence-corrected chi connectivity index (χ1v) is 11.8. The lowest BCUT2D eigenvalue weighted by Crippen LogP contribution is -2.44. The van der Waals surface area contributed by atoms with Crippen LogP contribution in [0.3, 0.4) is 0 Å². The van der Waals surface area contributed by atoms with Crippen molar-refractivity contribution in [3.05, 3.63) is 54.4 Å². The molecule has 2 fully saturated rings. The Hall–Kier alpha value is -2.45. The zero-order valence-corrected chi connectivity index (χ0v) is 17.9. The van der Waals surface area contributed by atoms with Gasteiger partial charge in [0.2, 0.25) is 15.9 Å². The molecule has 1 aliphatic heterocycles. The lowest BCUT2D eigenvalue weighted by Gasteiger charge is -2.34. The standard InChI is InChI=1S/C22H27N3O4S/c1-29-20-6-8-21(9-7-20)30(27,28)24-13-10-18(11-14-24)22(26)25(19-4-5-19)16-17-3-2-12-23-15-17/h2-3,6-9,12,15,18-19H,4-5,10-11,13-14,16H2,1H3. The van der Waals surface area contributed by atoms with Gasteiger partial charge in [-0.05, 0) is 61.6 Å². The molecule has 2 aliphatic rings. The number of amides is 1. The number of hydrogen-bond donors (Lipinski definition) is 0. The summed E-state index contributed by atoms with van der Waals surface area (Å²) in [6, 6.07) is 10.6. The smallest absolute Gasteiger partial charge is 0.243 e. The van der Waals surface area contributed by atoms with Crippen LogP contribution in [0.4, 0.5) is 0 Å². The van der Waals surface area contributed by atoms with Crippen LogP contribution in [0.2, 0.25) is 0 Å². The number of carbonyl (C=O) groups is 1. The predicted octanol–water partition coefficient (Wildman–Crippen LogP) is 2.68. The second-order valence-electron chi connectivity index (χ2n) is 7.91. The highest BCUT2D eigenvalue weighted by Crippen LogP contribution is 2.32. The summed E-state index contributed by atoms with van der Waals surface area (Å²) >= 11 is 0. The van der Waals surface area contributed by atoms with E-state index in [0.29, 0.717) is 44.3 Å². The van der Waals surface area contributed by atoms with Gasteiger partial charge in [0.1, 0.15) is 5.75 Å². The van der Waals surface area contributed by atoms with Crippen LogP contribution in [0, 0.1) is 5.92 Å². The zero-order valence-electron chi connectivity index (χ0n) is 17.1. The molecule has 160 valence electrons. The molecular weight excluding hydrogens is 402 g/mol. The third-order valence-corrected chi connectivity index (χ3v) is 7.76. The van der Waals surface area contributed by atoms with Gasteiger partial charge < -0.3 is 9.64 Å². The number of nitrogens with zero attached hydrogens (tertiary/aromatic N) is 3. The van der Waals surface area contributed by atoms with Crippen molar-refractivity contribution in [2.24, 2.45) is 5.92 Å². The molecule has 2 aromatic rings. The number of piperidine rings is 1. The first-order valence-electron chi connectivity index (χ1n) is 10.3. The molecule has 30 heavy (non-hydrogen) atoms. The molecule has 1 aliphatic carbocycles. The third kappa shape index (κ3) is 4.49. The van der Waals surface area contributed by atoms with Gasteiger partial charge in [0.25, 0.3) is 0 Å². The largest absolute Gasteiger partial charge is 0.497 e. The average Bonchev–Trinajstić information content (AvgIpc) is 3.63. The Morgan fingerprint density at radius 2 is 1.83 bits per heavy atom. The highest BCUT2D eigenvalue weighted by molar-refractivity contribution is 7.89.